The summed E-state index contributed by atoms with van der Waals surface area (Å²) in [7, 11) is 0. The van der Waals surface area contributed by atoms with Crippen molar-refractivity contribution in [1.29, 1.82) is 0 Å². The fourth-order valence-electron chi connectivity index (χ4n) is 2.03. The third-order valence-corrected chi connectivity index (χ3v) is 3.25. The standard InChI is InChI=1S/C15H19N3O2/c1-15(2,3)10-4-9(5-11-7-17-8-18-11)13(19)12(6-10)14(16)20/h4,6-8,19H,5H2,1-3H3,(H2,16,20)(H,17,18). The molecule has 0 unspecified atom stereocenters. The lowest BCUT2D eigenvalue weighted by Gasteiger charge is -2.21. The predicted molar refractivity (Wildman–Crippen MR) is 76.7 cm³/mol. The van der Waals surface area contributed by atoms with Gasteiger partial charge in [0.05, 0.1) is 17.6 Å². The highest BCUT2D eigenvalue weighted by Gasteiger charge is 2.21. The number of benzene rings is 1. The van der Waals surface area contributed by atoms with Crippen LogP contribution in [0.25, 0.3) is 0 Å². The number of aromatic amines is 1. The molecule has 2 aromatic rings. The van der Waals surface area contributed by atoms with E-state index in [0.717, 1.165) is 11.3 Å². The zero-order valence-corrected chi connectivity index (χ0v) is 11.9. The van der Waals surface area contributed by atoms with Crippen molar-refractivity contribution in [1.82, 2.24) is 9.97 Å². The average molecular weight is 273 g/mol. The van der Waals surface area contributed by atoms with Gasteiger partial charge in [0, 0.05) is 18.2 Å². The largest absolute Gasteiger partial charge is 0.507 e. The summed E-state index contributed by atoms with van der Waals surface area (Å²) < 4.78 is 0. The molecule has 20 heavy (non-hydrogen) atoms. The van der Waals surface area contributed by atoms with Crippen LogP contribution in [0, 0.1) is 0 Å². The number of hydrogen-bond donors (Lipinski definition) is 3. The van der Waals surface area contributed by atoms with Crippen LogP contribution in [0.3, 0.4) is 0 Å². The summed E-state index contributed by atoms with van der Waals surface area (Å²) in [6.45, 7) is 6.13. The molecule has 0 saturated carbocycles. The molecule has 5 nitrogen and oxygen atoms in total. The molecule has 2 rings (SSSR count). The molecule has 5 heteroatoms. The maximum absolute atomic E-state index is 11.5. The third-order valence-electron chi connectivity index (χ3n) is 3.25. The lowest BCUT2D eigenvalue weighted by atomic mass is 9.84. The Kier molecular flexibility index (Phi) is 3.53. The Balaban J connectivity index is 2.54. The second-order valence-corrected chi connectivity index (χ2v) is 5.88. The molecule has 0 atom stereocenters. The highest BCUT2D eigenvalue weighted by atomic mass is 16.3. The van der Waals surface area contributed by atoms with Crippen LogP contribution in [0.2, 0.25) is 0 Å². The molecule has 0 bridgehead atoms. The van der Waals surface area contributed by atoms with Gasteiger partial charge in [-0.2, -0.15) is 0 Å². The van der Waals surface area contributed by atoms with E-state index >= 15 is 0 Å². The van der Waals surface area contributed by atoms with Crippen LogP contribution < -0.4 is 5.73 Å². The van der Waals surface area contributed by atoms with Gasteiger partial charge in [0.2, 0.25) is 0 Å². The first-order valence-corrected chi connectivity index (χ1v) is 6.43. The molecule has 0 aliphatic carbocycles. The topological polar surface area (TPSA) is 92.0 Å². The molecule has 0 saturated heterocycles. The van der Waals surface area contributed by atoms with Crippen molar-refractivity contribution in [2.45, 2.75) is 32.6 Å². The Labute approximate surface area is 117 Å². The van der Waals surface area contributed by atoms with Crippen molar-refractivity contribution in [3.8, 4) is 5.75 Å². The molecule has 1 aromatic carbocycles. The van der Waals surface area contributed by atoms with Crippen molar-refractivity contribution in [3.63, 3.8) is 0 Å². The van der Waals surface area contributed by atoms with Crippen LogP contribution in [-0.2, 0) is 11.8 Å². The van der Waals surface area contributed by atoms with Crippen molar-refractivity contribution in [2.75, 3.05) is 0 Å². The lowest BCUT2D eigenvalue weighted by Crippen LogP contribution is -2.17. The Bertz CT molecular complexity index is 625. The molecule has 0 fully saturated rings. The molecular formula is C15H19N3O2. The number of carbonyl (C=O) groups excluding carboxylic acids is 1. The van der Waals surface area contributed by atoms with Gasteiger partial charge in [-0.25, -0.2) is 4.98 Å². The van der Waals surface area contributed by atoms with Gasteiger partial charge >= 0.3 is 0 Å². The van der Waals surface area contributed by atoms with E-state index in [1.54, 1.807) is 18.6 Å². The molecule has 0 radical (unpaired) electrons. The fraction of sp³-hybridized carbons (Fsp3) is 0.333. The first-order chi connectivity index (χ1) is 9.29. The summed E-state index contributed by atoms with van der Waals surface area (Å²) in [4.78, 5) is 18.5. The van der Waals surface area contributed by atoms with Crippen molar-refractivity contribution >= 4 is 5.91 Å². The monoisotopic (exact) mass is 273 g/mol. The Morgan fingerprint density at radius 2 is 2.10 bits per heavy atom. The Morgan fingerprint density at radius 1 is 1.40 bits per heavy atom. The lowest BCUT2D eigenvalue weighted by molar-refractivity contribution is 0.0997. The summed E-state index contributed by atoms with van der Waals surface area (Å²) in [5.41, 5.74) is 7.76. The molecule has 0 aliphatic rings. The van der Waals surface area contributed by atoms with Crippen LogP contribution in [0.4, 0.5) is 0 Å². The third kappa shape index (κ3) is 2.82. The SMILES string of the molecule is CC(C)(C)c1cc(Cc2c[nH]cn2)c(O)c(C(N)=O)c1. The van der Waals surface area contributed by atoms with E-state index in [-0.39, 0.29) is 16.7 Å². The number of rotatable bonds is 3. The summed E-state index contributed by atoms with van der Waals surface area (Å²) in [6.07, 6.45) is 3.78. The number of H-pyrrole nitrogens is 1. The van der Waals surface area contributed by atoms with Gasteiger partial charge in [0.15, 0.2) is 0 Å². The minimum absolute atomic E-state index is 0.0616. The number of carbonyl (C=O) groups is 1. The summed E-state index contributed by atoms with van der Waals surface area (Å²) in [5, 5.41) is 10.2. The van der Waals surface area contributed by atoms with E-state index in [2.05, 4.69) is 9.97 Å². The van der Waals surface area contributed by atoms with Crippen LogP contribution in [-0.4, -0.2) is 21.0 Å². The van der Waals surface area contributed by atoms with Gasteiger partial charge in [-0.05, 0) is 17.0 Å². The first kappa shape index (κ1) is 14.1. The molecule has 0 spiro atoms. The van der Waals surface area contributed by atoms with E-state index in [0.29, 0.717) is 12.0 Å². The van der Waals surface area contributed by atoms with E-state index in [9.17, 15) is 9.90 Å². The van der Waals surface area contributed by atoms with Crippen molar-refractivity contribution in [3.05, 3.63) is 47.0 Å². The molecule has 1 heterocycles. The fourth-order valence-corrected chi connectivity index (χ4v) is 2.03. The van der Waals surface area contributed by atoms with Gasteiger partial charge in [-0.1, -0.05) is 26.8 Å². The second kappa shape index (κ2) is 5.00. The predicted octanol–water partition coefficient (Wildman–Crippen LogP) is 2.10. The van der Waals surface area contributed by atoms with Gasteiger partial charge in [-0.3, -0.25) is 4.79 Å². The van der Waals surface area contributed by atoms with Gasteiger partial charge in [0.1, 0.15) is 5.75 Å². The number of primary amides is 1. The number of hydrogen-bond acceptors (Lipinski definition) is 3. The highest BCUT2D eigenvalue weighted by molar-refractivity contribution is 5.96. The highest BCUT2D eigenvalue weighted by Crippen LogP contribution is 2.32. The minimum Gasteiger partial charge on any atom is -0.507 e. The van der Waals surface area contributed by atoms with Gasteiger partial charge in [0.25, 0.3) is 5.91 Å². The normalized spacial score (nSPS) is 11.6. The molecule has 0 aliphatic heterocycles. The first-order valence-electron chi connectivity index (χ1n) is 6.43. The van der Waals surface area contributed by atoms with Gasteiger partial charge < -0.3 is 15.8 Å². The number of nitrogens with one attached hydrogen (secondary N) is 1. The van der Waals surface area contributed by atoms with Crippen LogP contribution in [0.5, 0.6) is 5.75 Å². The number of phenols is 1. The molecule has 106 valence electrons. The Hall–Kier alpha value is -2.30. The average Bonchev–Trinajstić information content (AvgIpc) is 2.82. The van der Waals surface area contributed by atoms with Crippen LogP contribution in [0.15, 0.2) is 24.7 Å². The maximum Gasteiger partial charge on any atom is 0.252 e. The van der Waals surface area contributed by atoms with E-state index < -0.39 is 5.91 Å². The van der Waals surface area contributed by atoms with E-state index in [4.69, 9.17) is 5.73 Å². The van der Waals surface area contributed by atoms with Crippen LogP contribution >= 0.6 is 0 Å². The van der Waals surface area contributed by atoms with Crippen molar-refractivity contribution < 1.29 is 9.90 Å². The molecule has 1 aromatic heterocycles. The number of nitrogens with zero attached hydrogens (tertiary/aromatic N) is 1. The smallest absolute Gasteiger partial charge is 0.252 e. The molecule has 4 N–H and O–H groups in total. The summed E-state index contributed by atoms with van der Waals surface area (Å²) in [6, 6.07) is 3.56. The van der Waals surface area contributed by atoms with Crippen molar-refractivity contribution in [2.24, 2.45) is 5.73 Å². The zero-order valence-electron chi connectivity index (χ0n) is 11.9. The van der Waals surface area contributed by atoms with E-state index in [1.165, 1.54) is 0 Å². The second-order valence-electron chi connectivity index (χ2n) is 5.88. The zero-order chi connectivity index (χ0) is 14.9. The molecular weight excluding hydrogens is 254 g/mol. The summed E-state index contributed by atoms with van der Waals surface area (Å²) >= 11 is 0. The number of amides is 1. The minimum atomic E-state index is -0.628. The number of aromatic nitrogens is 2. The molecule has 1 amide bonds. The summed E-state index contributed by atoms with van der Waals surface area (Å²) in [5.74, 6) is -0.689. The quantitative estimate of drug-likeness (QED) is 0.799. The van der Waals surface area contributed by atoms with E-state index in [1.807, 2.05) is 26.8 Å². The van der Waals surface area contributed by atoms with Crippen LogP contribution in [0.1, 0.15) is 48.0 Å². The number of imidazole rings is 1. The number of nitrogens with two attached hydrogens (primary N) is 1. The van der Waals surface area contributed by atoms with Gasteiger partial charge in [-0.15, -0.1) is 0 Å². The maximum atomic E-state index is 11.5. The number of aromatic hydroxyl groups is 1. The Morgan fingerprint density at radius 3 is 2.60 bits per heavy atom.